The fourth-order valence-corrected chi connectivity index (χ4v) is 3.17. The van der Waals surface area contributed by atoms with Crippen molar-refractivity contribution < 1.29 is 14.5 Å². The number of hydrogen-bond donors (Lipinski definition) is 0. The zero-order chi connectivity index (χ0) is 14.2. The van der Waals surface area contributed by atoms with E-state index < -0.39 is 4.92 Å². The lowest BCUT2D eigenvalue weighted by atomic mass is 10.2. The molecule has 0 aromatic heterocycles. The van der Waals surface area contributed by atoms with Crippen molar-refractivity contribution in [1.82, 2.24) is 0 Å². The molecule has 1 aromatic rings. The van der Waals surface area contributed by atoms with Gasteiger partial charge in [0.2, 0.25) is 5.91 Å². The van der Waals surface area contributed by atoms with Crippen molar-refractivity contribution in [3.63, 3.8) is 0 Å². The molecule has 2 rings (SSSR count). The molecule has 1 heterocycles. The van der Waals surface area contributed by atoms with Crippen LogP contribution in [0.5, 0.6) is 5.75 Å². The number of halogens is 2. The van der Waals surface area contributed by atoms with Gasteiger partial charge in [-0.15, -0.1) is 0 Å². The SMILES string of the molecule is COc1cc(Br)c(N2CC(Br)CC2=O)c([N+](=O)[O-])c1. The van der Waals surface area contributed by atoms with E-state index >= 15 is 0 Å². The van der Waals surface area contributed by atoms with Gasteiger partial charge in [-0.05, 0) is 22.0 Å². The number of carbonyl (C=O) groups is 1. The van der Waals surface area contributed by atoms with Crippen molar-refractivity contribution in [2.24, 2.45) is 0 Å². The number of carbonyl (C=O) groups excluding carboxylic acids is 1. The minimum atomic E-state index is -0.516. The van der Waals surface area contributed by atoms with Crippen LogP contribution in [0, 0.1) is 10.1 Å². The number of hydrogen-bond acceptors (Lipinski definition) is 4. The van der Waals surface area contributed by atoms with Crippen molar-refractivity contribution in [2.75, 3.05) is 18.6 Å². The van der Waals surface area contributed by atoms with Crippen molar-refractivity contribution in [3.8, 4) is 5.75 Å². The molecule has 0 aliphatic carbocycles. The molecule has 8 heteroatoms. The highest BCUT2D eigenvalue weighted by molar-refractivity contribution is 9.10. The maximum atomic E-state index is 11.9. The highest BCUT2D eigenvalue weighted by Crippen LogP contribution is 2.41. The Morgan fingerprint density at radius 2 is 2.21 bits per heavy atom. The van der Waals surface area contributed by atoms with Crippen LogP contribution >= 0.6 is 31.9 Å². The number of amides is 1. The average Bonchev–Trinajstić information content (AvgIpc) is 2.66. The van der Waals surface area contributed by atoms with Gasteiger partial charge in [0.15, 0.2) is 0 Å². The summed E-state index contributed by atoms with van der Waals surface area (Å²) in [5, 5.41) is 11.2. The first-order valence-electron chi connectivity index (χ1n) is 5.40. The van der Waals surface area contributed by atoms with Gasteiger partial charge < -0.3 is 9.64 Å². The summed E-state index contributed by atoms with van der Waals surface area (Å²) in [4.78, 5) is 24.0. The second-order valence-electron chi connectivity index (χ2n) is 4.04. The Morgan fingerprint density at radius 1 is 1.53 bits per heavy atom. The van der Waals surface area contributed by atoms with Crippen molar-refractivity contribution in [3.05, 3.63) is 26.7 Å². The average molecular weight is 394 g/mol. The maximum absolute atomic E-state index is 11.9. The van der Waals surface area contributed by atoms with Crippen LogP contribution in [0.15, 0.2) is 16.6 Å². The second-order valence-corrected chi connectivity index (χ2v) is 6.19. The van der Waals surface area contributed by atoms with Gasteiger partial charge in [0.05, 0.1) is 22.6 Å². The summed E-state index contributed by atoms with van der Waals surface area (Å²) < 4.78 is 5.47. The Kier molecular flexibility index (Phi) is 4.10. The third-order valence-corrected chi connectivity index (χ3v) is 4.01. The van der Waals surface area contributed by atoms with Gasteiger partial charge >= 0.3 is 0 Å². The van der Waals surface area contributed by atoms with E-state index in [4.69, 9.17) is 4.74 Å². The molecular formula is C11H10Br2N2O4. The summed E-state index contributed by atoms with van der Waals surface area (Å²) in [6.45, 7) is 0.407. The summed E-state index contributed by atoms with van der Waals surface area (Å²) in [6.07, 6.45) is 0.329. The minimum Gasteiger partial charge on any atom is -0.496 e. The fourth-order valence-electron chi connectivity index (χ4n) is 1.96. The smallest absolute Gasteiger partial charge is 0.297 e. The Labute approximate surface area is 126 Å². The zero-order valence-electron chi connectivity index (χ0n) is 9.93. The number of nitro benzene ring substituents is 1. The van der Waals surface area contributed by atoms with Crippen molar-refractivity contribution in [1.29, 1.82) is 0 Å². The molecule has 1 aliphatic heterocycles. The van der Waals surface area contributed by atoms with E-state index in [0.29, 0.717) is 23.2 Å². The van der Waals surface area contributed by atoms with Crippen LogP contribution in [0.3, 0.4) is 0 Å². The highest BCUT2D eigenvalue weighted by atomic mass is 79.9. The highest BCUT2D eigenvalue weighted by Gasteiger charge is 2.35. The quantitative estimate of drug-likeness (QED) is 0.449. The molecule has 0 bridgehead atoms. The molecule has 1 unspecified atom stereocenters. The first-order valence-corrected chi connectivity index (χ1v) is 7.11. The van der Waals surface area contributed by atoms with E-state index in [0.717, 1.165) is 0 Å². The van der Waals surface area contributed by atoms with Crippen LogP contribution in [0.2, 0.25) is 0 Å². The van der Waals surface area contributed by atoms with E-state index in [1.165, 1.54) is 18.1 Å². The van der Waals surface area contributed by atoms with Crippen LogP contribution in [-0.4, -0.2) is 29.3 Å². The monoisotopic (exact) mass is 392 g/mol. The fraction of sp³-hybridized carbons (Fsp3) is 0.364. The third kappa shape index (κ3) is 2.74. The number of anilines is 1. The van der Waals surface area contributed by atoms with Crippen LogP contribution in [-0.2, 0) is 4.79 Å². The molecule has 1 aliphatic rings. The van der Waals surface area contributed by atoms with Crippen LogP contribution in [0.1, 0.15) is 6.42 Å². The minimum absolute atomic E-state index is 0.00797. The van der Waals surface area contributed by atoms with E-state index in [-0.39, 0.29) is 22.1 Å². The van der Waals surface area contributed by atoms with Crippen LogP contribution in [0.4, 0.5) is 11.4 Å². The number of ether oxygens (including phenoxy) is 1. The van der Waals surface area contributed by atoms with Crippen LogP contribution < -0.4 is 9.64 Å². The number of nitro groups is 1. The Hall–Kier alpha value is -1.15. The van der Waals surface area contributed by atoms with Gasteiger partial charge in [0.1, 0.15) is 11.4 Å². The molecule has 19 heavy (non-hydrogen) atoms. The molecule has 102 valence electrons. The maximum Gasteiger partial charge on any atom is 0.297 e. The summed E-state index contributed by atoms with van der Waals surface area (Å²) in [5.41, 5.74) is 0.124. The van der Waals surface area contributed by atoms with E-state index in [1.807, 2.05) is 0 Å². The molecule has 6 nitrogen and oxygen atoms in total. The standard InChI is InChI=1S/C11H10Br2N2O4/c1-19-7-3-8(13)11(9(4-7)15(17)18)14-5-6(12)2-10(14)16/h3-4,6H,2,5H2,1H3. The third-order valence-electron chi connectivity index (χ3n) is 2.80. The van der Waals surface area contributed by atoms with Gasteiger partial charge in [0.25, 0.3) is 5.69 Å². The predicted octanol–water partition coefficient (Wildman–Crippen LogP) is 2.87. The molecular weight excluding hydrogens is 384 g/mol. The predicted molar refractivity (Wildman–Crippen MR) is 77.0 cm³/mol. The number of alkyl halides is 1. The molecule has 0 saturated carbocycles. The van der Waals surface area contributed by atoms with Gasteiger partial charge in [-0.3, -0.25) is 14.9 Å². The van der Waals surface area contributed by atoms with E-state index in [2.05, 4.69) is 31.9 Å². The Morgan fingerprint density at radius 3 is 2.68 bits per heavy atom. The molecule has 0 radical (unpaired) electrons. The lowest BCUT2D eigenvalue weighted by Gasteiger charge is -2.18. The van der Waals surface area contributed by atoms with E-state index in [1.54, 1.807) is 6.07 Å². The lowest BCUT2D eigenvalue weighted by Crippen LogP contribution is -2.25. The summed E-state index contributed by atoms with van der Waals surface area (Å²) in [6, 6.07) is 2.92. The van der Waals surface area contributed by atoms with Gasteiger partial charge in [0, 0.05) is 17.8 Å². The topological polar surface area (TPSA) is 72.7 Å². The Balaban J connectivity index is 2.55. The lowest BCUT2D eigenvalue weighted by molar-refractivity contribution is -0.384. The molecule has 1 aromatic carbocycles. The summed E-state index contributed by atoms with van der Waals surface area (Å²) in [7, 11) is 1.43. The van der Waals surface area contributed by atoms with Crippen molar-refractivity contribution >= 4 is 49.1 Å². The zero-order valence-corrected chi connectivity index (χ0v) is 13.1. The number of rotatable bonds is 3. The number of nitrogens with zero attached hydrogens (tertiary/aromatic N) is 2. The second kappa shape index (κ2) is 5.46. The summed E-state index contributed by atoms with van der Waals surface area (Å²) in [5.74, 6) is 0.222. The molecule has 1 amide bonds. The van der Waals surface area contributed by atoms with Gasteiger partial charge in [-0.25, -0.2) is 0 Å². The summed E-state index contributed by atoms with van der Waals surface area (Å²) >= 11 is 6.63. The molecule has 1 fully saturated rings. The molecule has 1 atom stereocenters. The normalized spacial score (nSPS) is 18.8. The molecule has 0 N–H and O–H groups in total. The molecule has 1 saturated heterocycles. The first kappa shape index (κ1) is 14.3. The van der Waals surface area contributed by atoms with Gasteiger partial charge in [-0.2, -0.15) is 0 Å². The van der Waals surface area contributed by atoms with Crippen molar-refractivity contribution in [2.45, 2.75) is 11.2 Å². The number of methoxy groups -OCH3 is 1. The van der Waals surface area contributed by atoms with E-state index in [9.17, 15) is 14.9 Å². The molecule has 0 spiro atoms. The first-order chi connectivity index (χ1) is 8.93. The largest absolute Gasteiger partial charge is 0.496 e. The number of benzene rings is 1. The van der Waals surface area contributed by atoms with Crippen LogP contribution in [0.25, 0.3) is 0 Å². The van der Waals surface area contributed by atoms with Gasteiger partial charge in [-0.1, -0.05) is 15.9 Å². The Bertz CT molecular complexity index is 550.